The van der Waals surface area contributed by atoms with Crippen LogP contribution in [-0.4, -0.2) is 27.6 Å². The molecule has 2 atom stereocenters. The maximum atomic E-state index is 9.68. The van der Waals surface area contributed by atoms with Crippen LogP contribution in [0.5, 0.6) is 5.75 Å². The molecule has 30 heavy (non-hydrogen) atoms. The van der Waals surface area contributed by atoms with Crippen molar-refractivity contribution < 1.29 is 14.4 Å². The van der Waals surface area contributed by atoms with E-state index in [1.807, 2.05) is 32.0 Å². The molecule has 7 nitrogen and oxygen atoms in total. The van der Waals surface area contributed by atoms with E-state index in [0.717, 1.165) is 24.0 Å². The SMILES string of the molecule is CC(O)N[C@H]1CCc2c(-c3noc(-c4ccc(OC(C)C)c(C#N)c4)n3)cccc21. The number of aromatic nitrogens is 2. The maximum Gasteiger partial charge on any atom is 0.258 e. The number of nitrogens with zero attached hydrogens (tertiary/aromatic N) is 3. The Bertz CT molecular complexity index is 1100. The normalized spacial score (nSPS) is 16.3. The summed E-state index contributed by atoms with van der Waals surface area (Å²) >= 11 is 0. The van der Waals surface area contributed by atoms with Crippen molar-refractivity contribution in [3.63, 3.8) is 0 Å². The quantitative estimate of drug-likeness (QED) is 0.599. The summed E-state index contributed by atoms with van der Waals surface area (Å²) in [7, 11) is 0. The second kappa shape index (κ2) is 8.27. The number of aliphatic hydroxyl groups is 1. The molecule has 154 valence electrons. The summed E-state index contributed by atoms with van der Waals surface area (Å²) in [6.07, 6.45) is 1.19. The average molecular weight is 404 g/mol. The fraction of sp³-hybridized carbons (Fsp3) is 0.348. The molecule has 7 heteroatoms. The number of rotatable bonds is 6. The molecule has 0 saturated carbocycles. The molecule has 0 spiro atoms. The van der Waals surface area contributed by atoms with Crippen molar-refractivity contribution in [1.82, 2.24) is 15.5 Å². The van der Waals surface area contributed by atoms with Gasteiger partial charge in [0.15, 0.2) is 0 Å². The van der Waals surface area contributed by atoms with Gasteiger partial charge in [0.25, 0.3) is 5.89 Å². The summed E-state index contributed by atoms with van der Waals surface area (Å²) in [5.41, 5.74) is 4.34. The number of nitriles is 1. The van der Waals surface area contributed by atoms with Gasteiger partial charge in [0, 0.05) is 17.2 Å². The van der Waals surface area contributed by atoms with Crippen molar-refractivity contribution in [1.29, 1.82) is 5.26 Å². The largest absolute Gasteiger partial charge is 0.490 e. The summed E-state index contributed by atoms with van der Waals surface area (Å²) < 4.78 is 11.2. The molecule has 0 saturated heterocycles. The molecule has 1 heterocycles. The van der Waals surface area contributed by atoms with Gasteiger partial charge >= 0.3 is 0 Å². The smallest absolute Gasteiger partial charge is 0.258 e. The maximum absolute atomic E-state index is 9.68. The average Bonchev–Trinajstić information content (AvgIpc) is 3.35. The van der Waals surface area contributed by atoms with Crippen LogP contribution in [0, 0.1) is 11.3 Å². The molecule has 1 unspecified atom stereocenters. The van der Waals surface area contributed by atoms with Gasteiger partial charge in [0.2, 0.25) is 5.82 Å². The number of benzene rings is 2. The third-order valence-corrected chi connectivity index (χ3v) is 5.09. The lowest BCUT2D eigenvalue weighted by Crippen LogP contribution is -2.28. The van der Waals surface area contributed by atoms with Crippen LogP contribution in [-0.2, 0) is 6.42 Å². The van der Waals surface area contributed by atoms with Gasteiger partial charge in [-0.25, -0.2) is 0 Å². The fourth-order valence-electron chi connectivity index (χ4n) is 3.89. The Morgan fingerprint density at radius 1 is 1.27 bits per heavy atom. The highest BCUT2D eigenvalue weighted by Gasteiger charge is 2.27. The Morgan fingerprint density at radius 2 is 2.10 bits per heavy atom. The van der Waals surface area contributed by atoms with Gasteiger partial charge in [0.05, 0.1) is 11.7 Å². The van der Waals surface area contributed by atoms with E-state index in [2.05, 4.69) is 27.6 Å². The van der Waals surface area contributed by atoms with Crippen molar-refractivity contribution in [3.8, 4) is 34.7 Å². The zero-order valence-electron chi connectivity index (χ0n) is 17.2. The predicted molar refractivity (Wildman–Crippen MR) is 112 cm³/mol. The van der Waals surface area contributed by atoms with Gasteiger partial charge < -0.3 is 14.4 Å². The molecule has 1 aliphatic carbocycles. The van der Waals surface area contributed by atoms with Gasteiger partial charge in [-0.1, -0.05) is 23.4 Å². The topological polar surface area (TPSA) is 104 Å². The van der Waals surface area contributed by atoms with E-state index in [4.69, 9.17) is 9.26 Å². The molecule has 3 aromatic rings. The minimum Gasteiger partial charge on any atom is -0.490 e. The zero-order valence-corrected chi connectivity index (χ0v) is 17.2. The molecule has 1 aliphatic rings. The minimum atomic E-state index is -0.571. The van der Waals surface area contributed by atoms with E-state index < -0.39 is 6.23 Å². The number of fused-ring (bicyclic) bond motifs is 1. The number of hydrogen-bond acceptors (Lipinski definition) is 7. The molecule has 2 N–H and O–H groups in total. The zero-order chi connectivity index (χ0) is 21.3. The summed E-state index contributed by atoms with van der Waals surface area (Å²) in [5.74, 6) is 1.40. The van der Waals surface area contributed by atoms with Gasteiger partial charge in [-0.05, 0) is 62.9 Å². The first-order chi connectivity index (χ1) is 14.5. The Balaban J connectivity index is 1.65. The highest BCUT2D eigenvalue weighted by atomic mass is 16.5. The van der Waals surface area contributed by atoms with E-state index >= 15 is 0 Å². The molecule has 0 fully saturated rings. The molecular formula is C23H24N4O3. The van der Waals surface area contributed by atoms with Gasteiger partial charge in [-0.3, -0.25) is 5.32 Å². The molecule has 0 amide bonds. The Morgan fingerprint density at radius 3 is 2.83 bits per heavy atom. The lowest BCUT2D eigenvalue weighted by atomic mass is 10.0. The van der Waals surface area contributed by atoms with Crippen molar-refractivity contribution in [3.05, 3.63) is 53.1 Å². The predicted octanol–water partition coefficient (Wildman–Crippen LogP) is 3.98. The summed E-state index contributed by atoms with van der Waals surface area (Å²) in [6.45, 7) is 5.55. The fourth-order valence-corrected chi connectivity index (χ4v) is 3.89. The number of hydrogen-bond donors (Lipinski definition) is 2. The second-order valence-electron chi connectivity index (χ2n) is 7.72. The van der Waals surface area contributed by atoms with Gasteiger partial charge in [-0.15, -0.1) is 0 Å². The van der Waals surface area contributed by atoms with Gasteiger partial charge in [-0.2, -0.15) is 10.2 Å². The van der Waals surface area contributed by atoms with Crippen LogP contribution in [0.3, 0.4) is 0 Å². The van der Waals surface area contributed by atoms with Crippen LogP contribution in [0.4, 0.5) is 0 Å². The first kappa shape index (κ1) is 20.1. The van der Waals surface area contributed by atoms with E-state index in [9.17, 15) is 10.4 Å². The Labute approximate surface area is 175 Å². The molecular weight excluding hydrogens is 380 g/mol. The van der Waals surface area contributed by atoms with Crippen LogP contribution in [0.1, 0.15) is 49.9 Å². The lowest BCUT2D eigenvalue weighted by Gasteiger charge is -2.16. The van der Waals surface area contributed by atoms with E-state index in [1.165, 1.54) is 5.56 Å². The van der Waals surface area contributed by atoms with Crippen LogP contribution in [0.15, 0.2) is 40.9 Å². The van der Waals surface area contributed by atoms with E-state index in [0.29, 0.717) is 28.6 Å². The van der Waals surface area contributed by atoms with Crippen LogP contribution in [0.2, 0.25) is 0 Å². The molecule has 4 rings (SSSR count). The highest BCUT2D eigenvalue weighted by Crippen LogP contribution is 2.37. The summed E-state index contributed by atoms with van der Waals surface area (Å²) in [6, 6.07) is 13.6. The first-order valence-corrected chi connectivity index (χ1v) is 10.1. The highest BCUT2D eigenvalue weighted by molar-refractivity contribution is 5.67. The van der Waals surface area contributed by atoms with Crippen molar-refractivity contribution in [2.45, 2.75) is 52.0 Å². The first-order valence-electron chi connectivity index (χ1n) is 10.1. The van der Waals surface area contributed by atoms with Crippen LogP contribution < -0.4 is 10.1 Å². The Kier molecular flexibility index (Phi) is 5.53. The minimum absolute atomic E-state index is 0.0229. The van der Waals surface area contributed by atoms with Crippen LogP contribution >= 0.6 is 0 Å². The molecule has 0 bridgehead atoms. The lowest BCUT2D eigenvalue weighted by molar-refractivity contribution is 0.140. The van der Waals surface area contributed by atoms with Crippen molar-refractivity contribution in [2.75, 3.05) is 0 Å². The number of nitrogens with one attached hydrogen (secondary N) is 1. The summed E-state index contributed by atoms with van der Waals surface area (Å²) in [5, 5.41) is 26.5. The molecule has 0 aliphatic heterocycles. The second-order valence-corrected chi connectivity index (χ2v) is 7.72. The number of ether oxygens (including phenoxy) is 1. The standard InChI is InChI=1S/C23H24N4O3/c1-13(2)29-21-10-7-15(11-16(21)12-24)23-26-22(27-30-23)19-6-4-5-18-17(19)8-9-20(18)25-14(3)28/h4-7,10-11,13-14,20,25,28H,8-9H2,1-3H3/t14?,20-/m0/s1. The Hall–Kier alpha value is -3.21. The van der Waals surface area contributed by atoms with Crippen molar-refractivity contribution >= 4 is 0 Å². The number of aliphatic hydroxyl groups excluding tert-OH is 1. The third-order valence-electron chi connectivity index (χ3n) is 5.09. The summed E-state index contributed by atoms with van der Waals surface area (Å²) in [4.78, 5) is 4.58. The van der Waals surface area contributed by atoms with Crippen molar-refractivity contribution in [2.24, 2.45) is 0 Å². The monoisotopic (exact) mass is 404 g/mol. The third kappa shape index (κ3) is 3.92. The van der Waals surface area contributed by atoms with E-state index in [1.54, 1.807) is 19.1 Å². The molecule has 1 aromatic heterocycles. The van der Waals surface area contributed by atoms with Crippen LogP contribution in [0.25, 0.3) is 22.8 Å². The molecule has 2 aromatic carbocycles. The van der Waals surface area contributed by atoms with Gasteiger partial charge in [0.1, 0.15) is 18.0 Å². The molecule has 0 radical (unpaired) electrons. The van der Waals surface area contributed by atoms with E-state index in [-0.39, 0.29) is 12.1 Å².